The zero-order valence-electron chi connectivity index (χ0n) is 15.5. The second-order valence-corrected chi connectivity index (χ2v) is 6.27. The van der Waals surface area contributed by atoms with Crippen LogP contribution in [0.4, 0.5) is 4.39 Å². The van der Waals surface area contributed by atoms with E-state index >= 15 is 0 Å². The number of aryl methyl sites for hydroxylation is 1. The summed E-state index contributed by atoms with van der Waals surface area (Å²) in [5, 5.41) is 0.768. The zero-order valence-corrected chi connectivity index (χ0v) is 15.5. The molecule has 0 fully saturated rings. The molecule has 27 heavy (non-hydrogen) atoms. The normalized spacial score (nSPS) is 10.7. The zero-order chi connectivity index (χ0) is 19.4. The summed E-state index contributed by atoms with van der Waals surface area (Å²) in [5.41, 5.74) is 2.01. The van der Waals surface area contributed by atoms with Gasteiger partial charge in [-0.15, -0.1) is 0 Å². The first-order chi connectivity index (χ1) is 13.0. The number of rotatable bonds is 6. The Labute approximate surface area is 157 Å². The lowest BCUT2D eigenvalue weighted by Gasteiger charge is -2.18. The molecular weight excluding hydrogens is 347 g/mol. The molecule has 0 saturated heterocycles. The Hall–Kier alpha value is -3.15. The van der Waals surface area contributed by atoms with Gasteiger partial charge in [0.1, 0.15) is 17.3 Å². The van der Waals surface area contributed by atoms with Gasteiger partial charge in [-0.3, -0.25) is 9.78 Å². The fourth-order valence-electron chi connectivity index (χ4n) is 2.77. The molecule has 3 aromatic rings. The smallest absolute Gasteiger partial charge is 0.260 e. The van der Waals surface area contributed by atoms with Gasteiger partial charge in [0, 0.05) is 36.3 Å². The van der Waals surface area contributed by atoms with Crippen LogP contribution in [0.25, 0.3) is 10.9 Å². The summed E-state index contributed by atoms with van der Waals surface area (Å²) in [4.78, 5) is 18.3. The molecule has 1 amide bonds. The highest BCUT2D eigenvalue weighted by Gasteiger charge is 2.14. The van der Waals surface area contributed by atoms with Gasteiger partial charge in [-0.05, 0) is 31.2 Å². The van der Waals surface area contributed by atoms with Gasteiger partial charge in [0.05, 0.1) is 12.6 Å². The summed E-state index contributed by atoms with van der Waals surface area (Å²) in [6, 6.07) is 13.7. The number of methoxy groups -OCH3 is 1. The largest absolute Gasteiger partial charge is 0.497 e. The van der Waals surface area contributed by atoms with Gasteiger partial charge in [-0.2, -0.15) is 0 Å². The number of hydrogen-bond donors (Lipinski definition) is 0. The molecule has 0 radical (unpaired) electrons. The minimum absolute atomic E-state index is 0.152. The van der Waals surface area contributed by atoms with Crippen LogP contribution in [-0.4, -0.2) is 36.6 Å². The molecule has 0 N–H and O–H groups in total. The number of amides is 1. The lowest BCUT2D eigenvalue weighted by molar-refractivity contribution is -0.132. The van der Waals surface area contributed by atoms with Crippen molar-refractivity contribution in [3.63, 3.8) is 0 Å². The number of carbonyl (C=O) groups excluding carboxylic acids is 1. The van der Waals surface area contributed by atoms with Crippen molar-refractivity contribution in [2.24, 2.45) is 0 Å². The van der Waals surface area contributed by atoms with Crippen LogP contribution in [0.15, 0.2) is 48.5 Å². The van der Waals surface area contributed by atoms with Crippen LogP contribution in [0.1, 0.15) is 11.3 Å². The van der Waals surface area contributed by atoms with E-state index in [4.69, 9.17) is 9.47 Å². The molecule has 0 atom stereocenters. The number of hydrogen-bond acceptors (Lipinski definition) is 4. The molecule has 2 aromatic carbocycles. The first-order valence-electron chi connectivity index (χ1n) is 8.53. The van der Waals surface area contributed by atoms with Gasteiger partial charge in [-0.1, -0.05) is 18.2 Å². The Kier molecular flexibility index (Phi) is 5.54. The Bertz CT molecular complexity index is 975. The minimum Gasteiger partial charge on any atom is -0.497 e. The van der Waals surface area contributed by atoms with E-state index in [-0.39, 0.29) is 24.9 Å². The van der Waals surface area contributed by atoms with Crippen LogP contribution in [0.5, 0.6) is 11.5 Å². The lowest BCUT2D eigenvalue weighted by atomic mass is 10.1. The summed E-state index contributed by atoms with van der Waals surface area (Å²) in [7, 11) is 3.21. The second-order valence-electron chi connectivity index (χ2n) is 6.27. The number of nitrogens with zero attached hydrogens (tertiary/aromatic N) is 2. The Morgan fingerprint density at radius 2 is 1.96 bits per heavy atom. The highest BCUT2D eigenvalue weighted by Crippen LogP contribution is 2.29. The van der Waals surface area contributed by atoms with E-state index in [2.05, 4.69) is 4.98 Å². The highest BCUT2D eigenvalue weighted by molar-refractivity contribution is 5.87. The van der Waals surface area contributed by atoms with Gasteiger partial charge in [0.15, 0.2) is 6.61 Å². The molecule has 6 heteroatoms. The summed E-state index contributed by atoms with van der Waals surface area (Å²) >= 11 is 0. The van der Waals surface area contributed by atoms with E-state index in [1.54, 1.807) is 38.4 Å². The van der Waals surface area contributed by atoms with Crippen molar-refractivity contribution in [1.29, 1.82) is 0 Å². The van der Waals surface area contributed by atoms with Gasteiger partial charge in [0.25, 0.3) is 5.91 Å². The molecule has 0 aliphatic carbocycles. The van der Waals surface area contributed by atoms with Gasteiger partial charge < -0.3 is 14.4 Å². The first kappa shape index (κ1) is 18.6. The molecule has 0 aliphatic rings. The van der Waals surface area contributed by atoms with Gasteiger partial charge >= 0.3 is 0 Å². The number of benzene rings is 2. The molecule has 5 nitrogen and oxygen atoms in total. The lowest BCUT2D eigenvalue weighted by Crippen LogP contribution is -2.31. The third-order valence-corrected chi connectivity index (χ3v) is 4.25. The predicted molar refractivity (Wildman–Crippen MR) is 101 cm³/mol. The number of likely N-dealkylation sites (N-methyl/N-ethyl adjacent to an activating group) is 1. The number of pyridine rings is 1. The Balaban J connectivity index is 1.74. The van der Waals surface area contributed by atoms with Crippen molar-refractivity contribution in [3.8, 4) is 11.5 Å². The van der Waals surface area contributed by atoms with E-state index in [0.717, 1.165) is 16.6 Å². The van der Waals surface area contributed by atoms with Crippen LogP contribution in [0, 0.1) is 12.7 Å². The number of ether oxygens (including phenoxy) is 2. The first-order valence-corrected chi connectivity index (χ1v) is 8.53. The maximum Gasteiger partial charge on any atom is 0.260 e. The maximum absolute atomic E-state index is 13.8. The monoisotopic (exact) mass is 368 g/mol. The summed E-state index contributed by atoms with van der Waals surface area (Å²) < 4.78 is 24.8. The second kappa shape index (κ2) is 8.03. The van der Waals surface area contributed by atoms with E-state index in [1.807, 2.05) is 25.1 Å². The van der Waals surface area contributed by atoms with Crippen molar-refractivity contribution in [1.82, 2.24) is 9.88 Å². The highest BCUT2D eigenvalue weighted by atomic mass is 19.1. The van der Waals surface area contributed by atoms with Gasteiger partial charge in [0.2, 0.25) is 0 Å². The standard InChI is InChI=1S/C21H21FN2O3/c1-14-10-20(17-11-16(26-3)8-9-19(17)23-14)27-13-21(25)24(2)12-15-6-4-5-7-18(15)22/h4-11H,12-13H2,1-3H3. The summed E-state index contributed by atoms with van der Waals surface area (Å²) in [6.07, 6.45) is 0. The van der Waals surface area contributed by atoms with Crippen LogP contribution in [0.3, 0.4) is 0 Å². The SMILES string of the molecule is COc1ccc2nc(C)cc(OCC(=O)N(C)Cc3ccccc3F)c2c1. The van der Waals surface area contributed by atoms with Crippen LogP contribution < -0.4 is 9.47 Å². The molecular formula is C21H21FN2O3. The van der Waals surface area contributed by atoms with Crippen molar-refractivity contribution < 1.29 is 18.7 Å². The average Bonchev–Trinajstić information content (AvgIpc) is 2.67. The number of halogens is 1. The Morgan fingerprint density at radius 3 is 2.70 bits per heavy atom. The fourth-order valence-corrected chi connectivity index (χ4v) is 2.77. The molecule has 0 unspecified atom stereocenters. The molecule has 0 saturated carbocycles. The van der Waals surface area contributed by atoms with Crippen molar-refractivity contribution in [2.45, 2.75) is 13.5 Å². The van der Waals surface area contributed by atoms with Crippen LogP contribution in [-0.2, 0) is 11.3 Å². The van der Waals surface area contributed by atoms with Crippen LogP contribution >= 0.6 is 0 Å². The maximum atomic E-state index is 13.8. The van der Waals surface area contributed by atoms with Gasteiger partial charge in [-0.25, -0.2) is 4.39 Å². The molecule has 0 spiro atoms. The quantitative estimate of drug-likeness (QED) is 0.665. The summed E-state index contributed by atoms with van der Waals surface area (Å²) in [6.45, 7) is 1.89. The summed E-state index contributed by atoms with van der Waals surface area (Å²) in [5.74, 6) is 0.662. The third-order valence-electron chi connectivity index (χ3n) is 4.25. The minimum atomic E-state index is -0.332. The molecule has 140 valence electrons. The van der Waals surface area contributed by atoms with Crippen molar-refractivity contribution >= 4 is 16.8 Å². The molecule has 0 aliphatic heterocycles. The molecule has 1 heterocycles. The molecule has 0 bridgehead atoms. The predicted octanol–water partition coefficient (Wildman–Crippen LogP) is 3.73. The van der Waals surface area contributed by atoms with E-state index in [9.17, 15) is 9.18 Å². The third kappa shape index (κ3) is 4.34. The van der Waals surface area contributed by atoms with E-state index in [1.165, 1.54) is 11.0 Å². The number of aromatic nitrogens is 1. The topological polar surface area (TPSA) is 51.7 Å². The van der Waals surface area contributed by atoms with Crippen LogP contribution in [0.2, 0.25) is 0 Å². The van der Waals surface area contributed by atoms with Crippen molar-refractivity contribution in [3.05, 3.63) is 65.6 Å². The van der Waals surface area contributed by atoms with Crippen molar-refractivity contribution in [2.75, 3.05) is 20.8 Å². The number of fused-ring (bicyclic) bond motifs is 1. The molecule has 1 aromatic heterocycles. The molecule has 3 rings (SSSR count). The Morgan fingerprint density at radius 1 is 1.19 bits per heavy atom. The van der Waals surface area contributed by atoms with E-state index < -0.39 is 0 Å². The van der Waals surface area contributed by atoms with E-state index in [0.29, 0.717) is 17.1 Å². The average molecular weight is 368 g/mol. The number of carbonyl (C=O) groups is 1. The fraction of sp³-hybridized carbons (Fsp3) is 0.238.